The second-order valence-corrected chi connectivity index (χ2v) is 9.25. The van der Waals surface area contributed by atoms with Gasteiger partial charge >= 0.3 is 11.9 Å². The molecule has 2 aromatic carbocycles. The van der Waals surface area contributed by atoms with E-state index in [0.29, 0.717) is 18.3 Å². The number of hydrogen-bond acceptors (Lipinski definition) is 8. The average Bonchev–Trinajstić information content (AvgIpc) is 2.87. The summed E-state index contributed by atoms with van der Waals surface area (Å²) in [6, 6.07) is 13.1. The summed E-state index contributed by atoms with van der Waals surface area (Å²) in [7, 11) is 0. The van der Waals surface area contributed by atoms with Crippen molar-refractivity contribution < 1.29 is 33.8 Å². The van der Waals surface area contributed by atoms with Gasteiger partial charge in [0.25, 0.3) is 0 Å². The number of carbonyl (C=O) groups excluding carboxylic acids is 3. The third kappa shape index (κ3) is 10.1. The van der Waals surface area contributed by atoms with Crippen molar-refractivity contribution in [1.82, 2.24) is 10.8 Å². The van der Waals surface area contributed by atoms with Crippen LogP contribution in [0.2, 0.25) is 0 Å². The fraction of sp³-hybridized carbons (Fsp3) is 0.444. The van der Waals surface area contributed by atoms with Crippen LogP contribution in [0.5, 0.6) is 5.75 Å². The maximum atomic E-state index is 12.8. The van der Waals surface area contributed by atoms with Gasteiger partial charge in [0, 0.05) is 6.42 Å². The summed E-state index contributed by atoms with van der Waals surface area (Å²) < 4.78 is 11.0. The predicted molar refractivity (Wildman–Crippen MR) is 134 cm³/mol. The van der Waals surface area contributed by atoms with Crippen LogP contribution >= 0.6 is 0 Å². The Morgan fingerprint density at radius 2 is 1.50 bits per heavy atom. The third-order valence-electron chi connectivity index (χ3n) is 4.91. The molecule has 2 rings (SSSR count). The van der Waals surface area contributed by atoms with E-state index in [-0.39, 0.29) is 24.5 Å². The lowest BCUT2D eigenvalue weighted by atomic mass is 10.1. The standard InChI is InChI=1S/C27H36N2O7/c1-18(2)16-34-22-12-10-20(11-13-22)14-23(27(33)35-17-19(3)4)28-25(31)24(15-30)29-36-26(32)21-8-6-5-7-9-21/h5-13,18-19,23-24,29-30H,14-17H2,1-4H3,(H,28,31)/t23-,24-/m0/s1. The van der Waals surface area contributed by atoms with E-state index in [2.05, 4.69) is 24.6 Å². The maximum Gasteiger partial charge on any atom is 0.356 e. The van der Waals surface area contributed by atoms with Gasteiger partial charge in [0.05, 0.1) is 25.4 Å². The van der Waals surface area contributed by atoms with Gasteiger partial charge in [-0.3, -0.25) is 4.79 Å². The van der Waals surface area contributed by atoms with E-state index in [1.54, 1.807) is 42.5 Å². The third-order valence-corrected chi connectivity index (χ3v) is 4.91. The lowest BCUT2D eigenvalue weighted by Gasteiger charge is -2.22. The highest BCUT2D eigenvalue weighted by Gasteiger charge is 2.28. The monoisotopic (exact) mass is 500 g/mol. The van der Waals surface area contributed by atoms with Crippen molar-refractivity contribution in [2.24, 2.45) is 11.8 Å². The number of esters is 1. The van der Waals surface area contributed by atoms with E-state index in [0.717, 1.165) is 5.56 Å². The molecule has 0 aliphatic carbocycles. The highest BCUT2D eigenvalue weighted by atomic mass is 16.7. The summed E-state index contributed by atoms with van der Waals surface area (Å²) in [4.78, 5) is 42.7. The number of amides is 1. The largest absolute Gasteiger partial charge is 0.493 e. The van der Waals surface area contributed by atoms with Gasteiger partial charge in [0.15, 0.2) is 0 Å². The molecule has 0 aromatic heterocycles. The maximum absolute atomic E-state index is 12.8. The summed E-state index contributed by atoms with van der Waals surface area (Å²) in [5.41, 5.74) is 3.33. The van der Waals surface area contributed by atoms with Gasteiger partial charge in [0.2, 0.25) is 5.91 Å². The Bertz CT molecular complexity index is 962. The minimum absolute atomic E-state index is 0.118. The van der Waals surface area contributed by atoms with Crippen LogP contribution in [0.3, 0.4) is 0 Å². The number of benzene rings is 2. The number of hydroxylamine groups is 1. The van der Waals surface area contributed by atoms with E-state index in [1.807, 2.05) is 26.0 Å². The Kier molecular flexibility index (Phi) is 11.9. The number of hydrogen-bond donors (Lipinski definition) is 3. The van der Waals surface area contributed by atoms with E-state index >= 15 is 0 Å². The van der Waals surface area contributed by atoms with E-state index in [4.69, 9.17) is 14.3 Å². The van der Waals surface area contributed by atoms with Crippen molar-refractivity contribution in [3.05, 3.63) is 65.7 Å². The summed E-state index contributed by atoms with van der Waals surface area (Å²) in [5, 5.41) is 12.3. The quantitative estimate of drug-likeness (QED) is 0.267. The molecule has 9 nitrogen and oxygen atoms in total. The van der Waals surface area contributed by atoms with Gasteiger partial charge in [-0.05, 0) is 41.7 Å². The van der Waals surface area contributed by atoms with Crippen molar-refractivity contribution in [2.75, 3.05) is 19.8 Å². The van der Waals surface area contributed by atoms with Gasteiger partial charge in [-0.1, -0.05) is 58.0 Å². The summed E-state index contributed by atoms with van der Waals surface area (Å²) in [6.07, 6.45) is 0.162. The second kappa shape index (κ2) is 14.9. The zero-order valence-corrected chi connectivity index (χ0v) is 21.2. The molecule has 3 N–H and O–H groups in total. The van der Waals surface area contributed by atoms with Crippen LogP contribution in [-0.2, 0) is 25.6 Å². The van der Waals surface area contributed by atoms with Crippen LogP contribution < -0.4 is 15.5 Å². The van der Waals surface area contributed by atoms with Crippen LogP contribution in [0.1, 0.15) is 43.6 Å². The average molecular weight is 501 g/mol. The first-order chi connectivity index (χ1) is 17.2. The molecule has 0 unspecified atom stereocenters. The number of rotatable bonds is 14. The first-order valence-electron chi connectivity index (χ1n) is 12.0. The molecule has 196 valence electrons. The lowest BCUT2D eigenvalue weighted by Crippen LogP contribution is -2.53. The van der Waals surface area contributed by atoms with Crippen LogP contribution in [0.25, 0.3) is 0 Å². The van der Waals surface area contributed by atoms with Crippen LogP contribution in [-0.4, -0.2) is 54.9 Å². The molecular weight excluding hydrogens is 464 g/mol. The van der Waals surface area contributed by atoms with Crippen molar-refractivity contribution in [1.29, 1.82) is 0 Å². The number of aliphatic hydroxyl groups is 1. The molecule has 0 bridgehead atoms. The molecular formula is C27H36N2O7. The Balaban J connectivity index is 2.04. The Morgan fingerprint density at radius 1 is 0.861 bits per heavy atom. The minimum Gasteiger partial charge on any atom is -0.493 e. The van der Waals surface area contributed by atoms with Gasteiger partial charge < -0.3 is 24.7 Å². The van der Waals surface area contributed by atoms with Crippen molar-refractivity contribution in [2.45, 2.75) is 46.2 Å². The van der Waals surface area contributed by atoms with Gasteiger partial charge in [-0.25, -0.2) is 9.59 Å². The predicted octanol–water partition coefficient (Wildman–Crippen LogP) is 2.67. The lowest BCUT2D eigenvalue weighted by molar-refractivity contribution is -0.149. The Morgan fingerprint density at radius 3 is 2.08 bits per heavy atom. The first-order valence-corrected chi connectivity index (χ1v) is 12.0. The van der Waals surface area contributed by atoms with Crippen molar-refractivity contribution in [3.63, 3.8) is 0 Å². The van der Waals surface area contributed by atoms with Crippen LogP contribution in [0.15, 0.2) is 54.6 Å². The van der Waals surface area contributed by atoms with E-state index < -0.39 is 36.5 Å². The second-order valence-electron chi connectivity index (χ2n) is 9.25. The van der Waals surface area contributed by atoms with E-state index in [9.17, 15) is 19.5 Å². The fourth-order valence-electron chi connectivity index (χ4n) is 2.97. The first kappa shape index (κ1) is 28.8. The molecule has 36 heavy (non-hydrogen) atoms. The molecule has 0 spiro atoms. The molecule has 0 aliphatic rings. The normalized spacial score (nSPS) is 12.6. The van der Waals surface area contributed by atoms with Crippen molar-refractivity contribution >= 4 is 17.8 Å². The molecule has 0 aliphatic heterocycles. The highest BCUT2D eigenvalue weighted by Crippen LogP contribution is 2.15. The Hall–Kier alpha value is -3.43. The molecule has 0 fully saturated rings. The topological polar surface area (TPSA) is 123 Å². The molecule has 0 saturated heterocycles. The zero-order chi connectivity index (χ0) is 26.5. The number of nitrogens with one attached hydrogen (secondary N) is 2. The summed E-state index contributed by atoms with van der Waals surface area (Å²) in [6.45, 7) is 8.05. The van der Waals surface area contributed by atoms with Gasteiger partial charge in [-0.2, -0.15) is 0 Å². The van der Waals surface area contributed by atoms with Gasteiger partial charge in [0.1, 0.15) is 17.8 Å². The molecule has 0 saturated carbocycles. The summed E-state index contributed by atoms with van der Waals surface area (Å²) >= 11 is 0. The molecule has 0 radical (unpaired) electrons. The van der Waals surface area contributed by atoms with Gasteiger partial charge in [-0.15, -0.1) is 5.48 Å². The van der Waals surface area contributed by atoms with E-state index in [1.165, 1.54) is 0 Å². The van der Waals surface area contributed by atoms with Crippen molar-refractivity contribution in [3.8, 4) is 5.75 Å². The fourth-order valence-corrected chi connectivity index (χ4v) is 2.97. The number of carbonyl (C=O) groups is 3. The highest BCUT2D eigenvalue weighted by molar-refractivity contribution is 5.90. The smallest absolute Gasteiger partial charge is 0.356 e. The molecule has 0 heterocycles. The molecule has 1 amide bonds. The minimum atomic E-state index is -1.29. The zero-order valence-electron chi connectivity index (χ0n) is 21.2. The molecule has 2 aromatic rings. The number of ether oxygens (including phenoxy) is 2. The number of aliphatic hydroxyl groups excluding tert-OH is 1. The summed E-state index contributed by atoms with van der Waals surface area (Å²) in [5.74, 6) is -0.821. The molecule has 9 heteroatoms. The Labute approximate surface area is 212 Å². The molecule has 2 atom stereocenters. The SMILES string of the molecule is CC(C)COC(=O)[C@H](Cc1ccc(OCC(C)C)cc1)NC(=O)[C@H](CO)NOC(=O)c1ccccc1. The van der Waals surface area contributed by atoms with Crippen LogP contribution in [0, 0.1) is 11.8 Å². The van der Waals surface area contributed by atoms with Crippen LogP contribution in [0.4, 0.5) is 0 Å².